The van der Waals surface area contributed by atoms with E-state index in [1.165, 1.54) is 5.69 Å². The summed E-state index contributed by atoms with van der Waals surface area (Å²) in [6.07, 6.45) is 7.76. The highest BCUT2D eigenvalue weighted by molar-refractivity contribution is 5.92. The van der Waals surface area contributed by atoms with Crippen molar-refractivity contribution < 1.29 is 14.3 Å². The van der Waals surface area contributed by atoms with Crippen LogP contribution in [0.25, 0.3) is 5.69 Å². The maximum Gasteiger partial charge on any atom is 0.274 e. The van der Waals surface area contributed by atoms with Gasteiger partial charge in [-0.15, -0.1) is 0 Å². The number of aryl methyl sites for hydroxylation is 1. The standard InChI is InChI=1S/C25H27N5O3/c1-17-13-27-20(14-26-17)23(31)29-10-7-24(8-11-29)15-25(16-33-24)22-4-3-9-30(22)21-6-5-18(32-2)12-19(21)28-25/h3-6,9,12-14,28H,7-8,10-11,15-16H2,1-2H3. The number of hydrogen-bond donors (Lipinski definition) is 1. The second kappa shape index (κ2) is 7.31. The normalized spacial score (nSPS) is 22.7. The van der Waals surface area contributed by atoms with Crippen LogP contribution in [0.5, 0.6) is 5.75 Å². The summed E-state index contributed by atoms with van der Waals surface area (Å²) in [5.74, 6) is 0.766. The highest BCUT2D eigenvalue weighted by Crippen LogP contribution is 2.50. The molecule has 0 saturated carbocycles. The van der Waals surface area contributed by atoms with E-state index < -0.39 is 0 Å². The number of carbonyl (C=O) groups excluding carboxylic acids is 1. The number of benzene rings is 1. The predicted octanol–water partition coefficient (Wildman–Crippen LogP) is 3.30. The number of aromatic nitrogens is 3. The van der Waals surface area contributed by atoms with Crippen molar-refractivity contribution in [3.8, 4) is 11.4 Å². The number of nitrogens with zero attached hydrogens (tertiary/aromatic N) is 4. The molecule has 0 bridgehead atoms. The van der Waals surface area contributed by atoms with E-state index in [1.54, 1.807) is 19.5 Å². The highest BCUT2D eigenvalue weighted by Gasteiger charge is 2.54. The molecule has 2 aromatic heterocycles. The summed E-state index contributed by atoms with van der Waals surface area (Å²) >= 11 is 0. The number of amides is 1. The lowest BCUT2D eigenvalue weighted by Crippen LogP contribution is -2.48. The molecule has 33 heavy (non-hydrogen) atoms. The second-order valence-electron chi connectivity index (χ2n) is 9.34. The topological polar surface area (TPSA) is 81.5 Å². The van der Waals surface area contributed by atoms with Crippen LogP contribution in [0.1, 0.15) is 41.1 Å². The van der Waals surface area contributed by atoms with Crippen LogP contribution in [0.15, 0.2) is 48.9 Å². The van der Waals surface area contributed by atoms with Gasteiger partial charge in [0.15, 0.2) is 0 Å². The van der Waals surface area contributed by atoms with Gasteiger partial charge in [0, 0.05) is 38.0 Å². The first-order chi connectivity index (χ1) is 16.0. The van der Waals surface area contributed by atoms with Gasteiger partial charge >= 0.3 is 0 Å². The molecule has 8 heteroatoms. The summed E-state index contributed by atoms with van der Waals surface area (Å²) in [7, 11) is 1.69. The van der Waals surface area contributed by atoms with Crippen LogP contribution in [0.2, 0.25) is 0 Å². The number of hydrogen-bond acceptors (Lipinski definition) is 6. The molecule has 6 rings (SSSR count). The number of ether oxygens (including phenoxy) is 2. The van der Waals surface area contributed by atoms with Crippen LogP contribution >= 0.6 is 0 Å². The van der Waals surface area contributed by atoms with Gasteiger partial charge in [-0.05, 0) is 44.0 Å². The van der Waals surface area contributed by atoms with Crippen molar-refractivity contribution in [2.24, 2.45) is 0 Å². The molecule has 8 nitrogen and oxygen atoms in total. The predicted molar refractivity (Wildman–Crippen MR) is 123 cm³/mol. The number of methoxy groups -OCH3 is 1. The Morgan fingerprint density at radius 1 is 1.18 bits per heavy atom. The Bertz CT molecular complexity index is 1210. The first-order valence-electron chi connectivity index (χ1n) is 11.4. The monoisotopic (exact) mass is 445 g/mol. The zero-order valence-corrected chi connectivity index (χ0v) is 18.9. The Morgan fingerprint density at radius 2 is 2.03 bits per heavy atom. The molecule has 0 radical (unpaired) electrons. The first-order valence-corrected chi connectivity index (χ1v) is 11.4. The molecule has 1 unspecified atom stereocenters. The lowest BCUT2D eigenvalue weighted by Gasteiger charge is -2.41. The molecule has 2 fully saturated rings. The number of piperidine rings is 1. The largest absolute Gasteiger partial charge is 0.497 e. The average molecular weight is 446 g/mol. The van der Waals surface area contributed by atoms with Crippen LogP contribution in [-0.2, 0) is 10.3 Å². The quantitative estimate of drug-likeness (QED) is 0.652. The van der Waals surface area contributed by atoms with E-state index in [9.17, 15) is 4.79 Å². The molecular formula is C25H27N5O3. The van der Waals surface area contributed by atoms with Crippen LogP contribution in [0.4, 0.5) is 5.69 Å². The van der Waals surface area contributed by atoms with E-state index in [0.717, 1.165) is 42.1 Å². The van der Waals surface area contributed by atoms with Crippen molar-refractivity contribution in [2.45, 2.75) is 37.3 Å². The molecule has 3 aliphatic heterocycles. The van der Waals surface area contributed by atoms with Gasteiger partial charge in [-0.2, -0.15) is 0 Å². The molecule has 170 valence electrons. The fraction of sp³-hybridized carbons (Fsp3) is 0.400. The Hall–Kier alpha value is -3.39. The average Bonchev–Trinajstić information content (AvgIpc) is 3.46. The van der Waals surface area contributed by atoms with Crippen molar-refractivity contribution >= 4 is 11.6 Å². The number of anilines is 1. The molecule has 1 amide bonds. The van der Waals surface area contributed by atoms with Gasteiger partial charge in [0.25, 0.3) is 5.91 Å². The van der Waals surface area contributed by atoms with E-state index in [2.05, 4.69) is 50.3 Å². The Kier molecular flexibility index (Phi) is 4.48. The minimum atomic E-state index is -0.308. The molecule has 0 aliphatic carbocycles. The van der Waals surface area contributed by atoms with Crippen LogP contribution in [-0.4, -0.2) is 57.7 Å². The number of carbonyl (C=O) groups is 1. The SMILES string of the molecule is COc1ccc2c(c1)NC1(COC3(CCN(C(=O)c4cnc(C)cn4)CC3)C1)c1cccn1-2. The Balaban J connectivity index is 1.23. The summed E-state index contributed by atoms with van der Waals surface area (Å²) in [6, 6.07) is 10.4. The third-order valence-corrected chi connectivity index (χ3v) is 7.29. The summed E-state index contributed by atoms with van der Waals surface area (Å²) in [5, 5.41) is 3.80. The van der Waals surface area contributed by atoms with Crippen LogP contribution < -0.4 is 10.1 Å². The van der Waals surface area contributed by atoms with Gasteiger partial charge in [0.05, 0.1) is 48.3 Å². The van der Waals surface area contributed by atoms with Crippen molar-refractivity contribution in [1.82, 2.24) is 19.4 Å². The maximum atomic E-state index is 12.9. The second-order valence-corrected chi connectivity index (χ2v) is 9.34. The van der Waals surface area contributed by atoms with E-state index in [-0.39, 0.29) is 17.0 Å². The van der Waals surface area contributed by atoms with Gasteiger partial charge in [-0.3, -0.25) is 9.78 Å². The highest BCUT2D eigenvalue weighted by atomic mass is 16.5. The minimum absolute atomic E-state index is 0.0595. The number of fused-ring (bicyclic) bond motifs is 4. The Morgan fingerprint density at radius 3 is 2.79 bits per heavy atom. The lowest BCUT2D eigenvalue weighted by atomic mass is 9.79. The fourth-order valence-electron chi connectivity index (χ4n) is 5.53. The van der Waals surface area contributed by atoms with E-state index in [1.807, 2.05) is 17.9 Å². The zero-order chi connectivity index (χ0) is 22.6. The summed E-state index contributed by atoms with van der Waals surface area (Å²) in [5.41, 5.74) is 4.01. The lowest BCUT2D eigenvalue weighted by molar-refractivity contribution is -0.0393. The van der Waals surface area contributed by atoms with Gasteiger partial charge in [-0.1, -0.05) is 0 Å². The summed E-state index contributed by atoms with van der Waals surface area (Å²) in [4.78, 5) is 23.2. The Labute approximate surface area is 192 Å². The zero-order valence-electron chi connectivity index (χ0n) is 18.9. The number of rotatable bonds is 2. The van der Waals surface area contributed by atoms with Gasteiger partial charge < -0.3 is 24.3 Å². The van der Waals surface area contributed by atoms with E-state index in [0.29, 0.717) is 25.4 Å². The first kappa shape index (κ1) is 20.2. The molecular weight excluding hydrogens is 418 g/mol. The fourth-order valence-corrected chi connectivity index (χ4v) is 5.53. The van der Waals surface area contributed by atoms with E-state index in [4.69, 9.17) is 9.47 Å². The van der Waals surface area contributed by atoms with E-state index >= 15 is 0 Å². The molecule has 3 aromatic rings. The molecule has 1 atom stereocenters. The third-order valence-electron chi connectivity index (χ3n) is 7.29. The van der Waals surface area contributed by atoms with Crippen molar-refractivity contribution in [3.05, 3.63) is 66.0 Å². The molecule has 2 spiro atoms. The van der Waals surface area contributed by atoms with Crippen LogP contribution in [0.3, 0.4) is 0 Å². The molecule has 2 saturated heterocycles. The molecule has 3 aliphatic rings. The van der Waals surface area contributed by atoms with Crippen LogP contribution in [0, 0.1) is 6.92 Å². The molecule has 1 aromatic carbocycles. The van der Waals surface area contributed by atoms with Crippen molar-refractivity contribution in [1.29, 1.82) is 0 Å². The maximum absolute atomic E-state index is 12.9. The van der Waals surface area contributed by atoms with Gasteiger partial charge in [0.1, 0.15) is 17.0 Å². The summed E-state index contributed by atoms with van der Waals surface area (Å²) in [6.45, 7) is 3.75. The third kappa shape index (κ3) is 3.20. The molecule has 1 N–H and O–H groups in total. The number of nitrogens with one attached hydrogen (secondary N) is 1. The minimum Gasteiger partial charge on any atom is -0.497 e. The summed E-state index contributed by atoms with van der Waals surface area (Å²) < 4.78 is 14.3. The van der Waals surface area contributed by atoms with Gasteiger partial charge in [-0.25, -0.2) is 4.98 Å². The van der Waals surface area contributed by atoms with Gasteiger partial charge in [0.2, 0.25) is 0 Å². The van der Waals surface area contributed by atoms with Crippen molar-refractivity contribution in [3.63, 3.8) is 0 Å². The number of likely N-dealkylation sites (tertiary alicyclic amines) is 1. The smallest absolute Gasteiger partial charge is 0.274 e. The van der Waals surface area contributed by atoms with Crippen molar-refractivity contribution in [2.75, 3.05) is 32.1 Å². The molecule has 5 heterocycles.